The maximum atomic E-state index is 13.7. The van der Waals surface area contributed by atoms with Gasteiger partial charge in [0.25, 0.3) is 5.91 Å². The number of carbonyl (C=O) groups is 2. The van der Waals surface area contributed by atoms with E-state index in [1.165, 1.54) is 19.2 Å². The van der Waals surface area contributed by atoms with E-state index in [1.807, 2.05) is 0 Å². The molecule has 0 fully saturated rings. The number of Topliss-reactive ketones (excluding diaryl/α,β-unsaturated/α-hetero) is 1. The van der Waals surface area contributed by atoms with Gasteiger partial charge in [-0.2, -0.15) is 0 Å². The predicted octanol–water partition coefficient (Wildman–Crippen LogP) is 3.95. The number of amides is 1. The largest absolute Gasteiger partial charge is 0.324 e. The van der Waals surface area contributed by atoms with Gasteiger partial charge in [-0.25, -0.2) is 18.7 Å². The quantitative estimate of drug-likeness (QED) is 0.666. The molecule has 136 valence electrons. The summed E-state index contributed by atoms with van der Waals surface area (Å²) >= 11 is 0. The molecule has 0 spiro atoms. The normalized spacial score (nSPS) is 10.3. The van der Waals surface area contributed by atoms with Gasteiger partial charge in [0.2, 0.25) is 5.95 Å². The first-order valence-corrected chi connectivity index (χ1v) is 7.90. The molecule has 3 aromatic rings. The Balaban J connectivity index is 1.77. The van der Waals surface area contributed by atoms with Crippen LogP contribution in [0.1, 0.15) is 27.8 Å². The topological polar surface area (TPSA) is 84.0 Å². The van der Waals surface area contributed by atoms with E-state index in [9.17, 15) is 18.4 Å². The molecular formula is C19H14F2N4O2. The number of carbonyl (C=O) groups excluding carboxylic acids is 2. The van der Waals surface area contributed by atoms with Crippen LogP contribution in [0, 0.1) is 11.6 Å². The van der Waals surface area contributed by atoms with E-state index in [-0.39, 0.29) is 23.1 Å². The molecule has 0 bridgehead atoms. The van der Waals surface area contributed by atoms with E-state index in [1.54, 1.807) is 24.3 Å². The number of aromatic nitrogens is 2. The lowest BCUT2D eigenvalue weighted by molar-refractivity contribution is 0.101. The molecule has 6 nitrogen and oxygen atoms in total. The summed E-state index contributed by atoms with van der Waals surface area (Å²) in [5, 5.41) is 5.22. The number of anilines is 3. The zero-order valence-corrected chi connectivity index (χ0v) is 14.2. The summed E-state index contributed by atoms with van der Waals surface area (Å²) in [6.45, 7) is 1.45. The lowest BCUT2D eigenvalue weighted by Gasteiger charge is -2.08. The number of nitrogens with one attached hydrogen (secondary N) is 2. The summed E-state index contributed by atoms with van der Waals surface area (Å²) < 4.78 is 26.6. The molecule has 0 radical (unpaired) electrons. The summed E-state index contributed by atoms with van der Waals surface area (Å²) in [5.41, 5.74) is 0.910. The minimum atomic E-state index is -0.892. The fourth-order valence-electron chi connectivity index (χ4n) is 2.27. The summed E-state index contributed by atoms with van der Waals surface area (Å²) in [6.07, 6.45) is 1.36. The van der Waals surface area contributed by atoms with Crippen LogP contribution in [0.2, 0.25) is 0 Å². The van der Waals surface area contributed by atoms with Gasteiger partial charge in [0.1, 0.15) is 17.3 Å². The van der Waals surface area contributed by atoms with E-state index >= 15 is 0 Å². The number of benzene rings is 2. The van der Waals surface area contributed by atoms with Crippen molar-refractivity contribution in [2.75, 3.05) is 10.6 Å². The molecule has 0 saturated heterocycles. The third-order valence-electron chi connectivity index (χ3n) is 3.59. The first kappa shape index (κ1) is 18.1. The van der Waals surface area contributed by atoms with Gasteiger partial charge in [-0.05, 0) is 37.3 Å². The zero-order chi connectivity index (χ0) is 19.4. The van der Waals surface area contributed by atoms with E-state index in [0.29, 0.717) is 17.3 Å². The van der Waals surface area contributed by atoms with Crippen molar-refractivity contribution < 1.29 is 18.4 Å². The fourth-order valence-corrected chi connectivity index (χ4v) is 2.27. The highest BCUT2D eigenvalue weighted by molar-refractivity contribution is 6.03. The van der Waals surface area contributed by atoms with Crippen molar-refractivity contribution in [1.82, 2.24) is 9.97 Å². The van der Waals surface area contributed by atoms with Gasteiger partial charge in [-0.1, -0.05) is 12.1 Å². The molecular weight excluding hydrogens is 354 g/mol. The summed E-state index contributed by atoms with van der Waals surface area (Å²) in [5.74, 6) is -2.27. The smallest absolute Gasteiger partial charge is 0.274 e. The van der Waals surface area contributed by atoms with Crippen LogP contribution in [-0.4, -0.2) is 21.7 Å². The molecule has 3 rings (SSSR count). The molecule has 0 aliphatic rings. The second-order valence-corrected chi connectivity index (χ2v) is 5.61. The van der Waals surface area contributed by atoms with Crippen molar-refractivity contribution in [3.05, 3.63) is 77.6 Å². The van der Waals surface area contributed by atoms with Crippen LogP contribution in [0.4, 0.5) is 26.1 Å². The Bertz CT molecular complexity index is 1020. The summed E-state index contributed by atoms with van der Waals surface area (Å²) in [7, 11) is 0. The Labute approximate surface area is 153 Å². The van der Waals surface area contributed by atoms with E-state index < -0.39 is 17.5 Å². The van der Waals surface area contributed by atoms with Crippen molar-refractivity contribution >= 4 is 29.0 Å². The van der Waals surface area contributed by atoms with Crippen LogP contribution in [0.15, 0.2) is 54.7 Å². The van der Waals surface area contributed by atoms with Crippen molar-refractivity contribution in [3.8, 4) is 0 Å². The Morgan fingerprint density at radius 2 is 1.85 bits per heavy atom. The molecule has 8 heteroatoms. The highest BCUT2D eigenvalue weighted by Crippen LogP contribution is 2.17. The SMILES string of the molecule is CC(=O)c1cccc(Nc2nccc(C(=O)Nc3ccc(F)cc3F)n2)c1. The molecule has 0 unspecified atom stereocenters. The Hall–Kier alpha value is -3.68. The standard InChI is InChI=1S/C19H14F2N4O2/c1-11(26)12-3-2-4-14(9-12)23-19-22-8-7-17(25-19)18(27)24-16-6-5-13(20)10-15(16)21/h2-10H,1H3,(H,24,27)(H,22,23,25). The van der Waals surface area contributed by atoms with Crippen LogP contribution < -0.4 is 10.6 Å². The second kappa shape index (κ2) is 7.69. The lowest BCUT2D eigenvalue weighted by atomic mass is 10.1. The summed E-state index contributed by atoms with van der Waals surface area (Å²) in [4.78, 5) is 31.8. The van der Waals surface area contributed by atoms with Gasteiger partial charge in [-0.15, -0.1) is 0 Å². The van der Waals surface area contributed by atoms with Crippen molar-refractivity contribution in [2.24, 2.45) is 0 Å². The Morgan fingerprint density at radius 3 is 2.59 bits per heavy atom. The Morgan fingerprint density at radius 1 is 1.04 bits per heavy atom. The third-order valence-corrected chi connectivity index (χ3v) is 3.59. The number of hydrogen-bond acceptors (Lipinski definition) is 5. The average molecular weight is 368 g/mol. The molecule has 1 amide bonds. The maximum absolute atomic E-state index is 13.7. The second-order valence-electron chi connectivity index (χ2n) is 5.61. The van der Waals surface area contributed by atoms with Gasteiger partial charge in [0, 0.05) is 23.5 Å². The van der Waals surface area contributed by atoms with E-state index in [4.69, 9.17) is 0 Å². The van der Waals surface area contributed by atoms with Gasteiger partial charge in [0.15, 0.2) is 5.78 Å². The molecule has 0 aliphatic carbocycles. The molecule has 27 heavy (non-hydrogen) atoms. The highest BCUT2D eigenvalue weighted by Gasteiger charge is 2.12. The van der Waals surface area contributed by atoms with Gasteiger partial charge >= 0.3 is 0 Å². The van der Waals surface area contributed by atoms with Crippen LogP contribution in [-0.2, 0) is 0 Å². The fraction of sp³-hybridized carbons (Fsp3) is 0.0526. The number of nitrogens with zero attached hydrogens (tertiary/aromatic N) is 2. The van der Waals surface area contributed by atoms with Crippen LogP contribution in [0.3, 0.4) is 0 Å². The molecule has 0 atom stereocenters. The van der Waals surface area contributed by atoms with Crippen molar-refractivity contribution in [3.63, 3.8) is 0 Å². The van der Waals surface area contributed by atoms with Crippen molar-refractivity contribution in [1.29, 1.82) is 0 Å². The molecule has 2 aromatic carbocycles. The van der Waals surface area contributed by atoms with E-state index in [2.05, 4.69) is 20.6 Å². The molecule has 1 aromatic heterocycles. The maximum Gasteiger partial charge on any atom is 0.274 e. The predicted molar refractivity (Wildman–Crippen MR) is 96.1 cm³/mol. The molecule has 1 heterocycles. The van der Waals surface area contributed by atoms with Gasteiger partial charge < -0.3 is 10.6 Å². The average Bonchev–Trinajstić information content (AvgIpc) is 2.64. The lowest BCUT2D eigenvalue weighted by Crippen LogP contribution is -2.15. The highest BCUT2D eigenvalue weighted by atomic mass is 19.1. The van der Waals surface area contributed by atoms with Gasteiger partial charge in [-0.3, -0.25) is 9.59 Å². The molecule has 0 aliphatic heterocycles. The van der Waals surface area contributed by atoms with Crippen molar-refractivity contribution in [2.45, 2.75) is 6.92 Å². The van der Waals surface area contributed by atoms with Crippen LogP contribution >= 0.6 is 0 Å². The number of hydrogen-bond donors (Lipinski definition) is 2. The number of ketones is 1. The van der Waals surface area contributed by atoms with E-state index in [0.717, 1.165) is 12.1 Å². The number of halogens is 2. The molecule has 2 N–H and O–H groups in total. The monoisotopic (exact) mass is 368 g/mol. The Kier molecular flexibility index (Phi) is 5.16. The summed E-state index contributed by atoms with van der Waals surface area (Å²) in [6, 6.07) is 10.9. The van der Waals surface area contributed by atoms with Crippen LogP contribution in [0.5, 0.6) is 0 Å². The number of rotatable bonds is 5. The minimum absolute atomic E-state index is 0.0149. The first-order valence-electron chi connectivity index (χ1n) is 7.90. The third kappa shape index (κ3) is 4.49. The first-order chi connectivity index (χ1) is 12.9. The minimum Gasteiger partial charge on any atom is -0.324 e. The zero-order valence-electron chi connectivity index (χ0n) is 14.2. The molecule has 0 saturated carbocycles. The van der Waals surface area contributed by atoms with Gasteiger partial charge in [0.05, 0.1) is 5.69 Å². The van der Waals surface area contributed by atoms with Crippen LogP contribution in [0.25, 0.3) is 0 Å².